The molecule has 2 atom stereocenters. The average molecular weight is 365 g/mol. The van der Waals surface area contributed by atoms with Crippen molar-refractivity contribution in [2.45, 2.75) is 31.7 Å². The number of esters is 1. The Morgan fingerprint density at radius 2 is 1.63 bits per heavy atom. The van der Waals surface area contributed by atoms with Gasteiger partial charge in [-0.1, -0.05) is 37.1 Å². The van der Waals surface area contributed by atoms with E-state index in [0.29, 0.717) is 11.1 Å². The van der Waals surface area contributed by atoms with Crippen LogP contribution < -0.4 is 5.32 Å². The van der Waals surface area contributed by atoms with E-state index in [1.54, 1.807) is 30.3 Å². The van der Waals surface area contributed by atoms with Gasteiger partial charge in [0, 0.05) is 17.5 Å². The van der Waals surface area contributed by atoms with Crippen LogP contribution in [0.2, 0.25) is 0 Å². The highest BCUT2D eigenvalue weighted by atomic mass is 16.5. The van der Waals surface area contributed by atoms with E-state index in [-0.39, 0.29) is 17.9 Å². The van der Waals surface area contributed by atoms with E-state index in [9.17, 15) is 14.4 Å². The quantitative estimate of drug-likeness (QED) is 0.649. The van der Waals surface area contributed by atoms with Crippen LogP contribution in [-0.4, -0.2) is 31.3 Å². The number of aldehydes is 1. The number of amides is 1. The van der Waals surface area contributed by atoms with E-state index in [1.807, 2.05) is 18.2 Å². The SMILES string of the molecule is COC(=O)c1cccc(-c2cccc(C(=O)N[C@@H]3CCCC[C@@H]3C=O)c2)c1. The summed E-state index contributed by atoms with van der Waals surface area (Å²) in [6.07, 6.45) is 4.67. The summed E-state index contributed by atoms with van der Waals surface area (Å²) in [5.41, 5.74) is 2.66. The number of hydrogen-bond acceptors (Lipinski definition) is 4. The molecule has 0 aliphatic heterocycles. The van der Waals surface area contributed by atoms with Gasteiger partial charge in [-0.3, -0.25) is 4.79 Å². The van der Waals surface area contributed by atoms with Crippen molar-refractivity contribution >= 4 is 18.2 Å². The minimum Gasteiger partial charge on any atom is -0.465 e. The zero-order valence-corrected chi connectivity index (χ0v) is 15.3. The number of nitrogens with one attached hydrogen (secondary N) is 1. The van der Waals surface area contributed by atoms with Gasteiger partial charge in [0.25, 0.3) is 5.91 Å². The number of benzene rings is 2. The van der Waals surface area contributed by atoms with Gasteiger partial charge in [0.15, 0.2) is 0 Å². The van der Waals surface area contributed by atoms with Crippen molar-refractivity contribution < 1.29 is 19.1 Å². The van der Waals surface area contributed by atoms with Gasteiger partial charge in [0.1, 0.15) is 6.29 Å². The Bertz CT molecular complexity index is 846. The van der Waals surface area contributed by atoms with Crippen molar-refractivity contribution in [1.82, 2.24) is 5.32 Å². The molecule has 1 amide bonds. The van der Waals surface area contributed by atoms with Crippen LogP contribution in [0, 0.1) is 5.92 Å². The van der Waals surface area contributed by atoms with Gasteiger partial charge < -0.3 is 14.8 Å². The van der Waals surface area contributed by atoms with Crippen molar-refractivity contribution in [2.24, 2.45) is 5.92 Å². The number of hydrogen-bond donors (Lipinski definition) is 1. The summed E-state index contributed by atoms with van der Waals surface area (Å²) in [4.78, 5) is 35.7. The first-order valence-electron chi connectivity index (χ1n) is 9.17. The van der Waals surface area contributed by atoms with Gasteiger partial charge >= 0.3 is 5.97 Å². The molecule has 2 aromatic rings. The van der Waals surface area contributed by atoms with Crippen LogP contribution in [0.15, 0.2) is 48.5 Å². The molecular weight excluding hydrogens is 342 g/mol. The zero-order chi connectivity index (χ0) is 19.2. The van der Waals surface area contributed by atoms with Crippen LogP contribution >= 0.6 is 0 Å². The van der Waals surface area contributed by atoms with Crippen LogP contribution in [0.3, 0.4) is 0 Å². The number of methoxy groups -OCH3 is 1. The van der Waals surface area contributed by atoms with E-state index >= 15 is 0 Å². The first-order chi connectivity index (χ1) is 13.1. The molecule has 2 aromatic carbocycles. The largest absolute Gasteiger partial charge is 0.465 e. The smallest absolute Gasteiger partial charge is 0.337 e. The lowest BCUT2D eigenvalue weighted by molar-refractivity contribution is -0.112. The Morgan fingerprint density at radius 1 is 1.00 bits per heavy atom. The lowest BCUT2D eigenvalue weighted by atomic mass is 9.85. The third kappa shape index (κ3) is 4.42. The van der Waals surface area contributed by atoms with E-state index in [4.69, 9.17) is 4.74 Å². The summed E-state index contributed by atoms with van der Waals surface area (Å²) in [7, 11) is 1.35. The molecule has 1 N–H and O–H groups in total. The Morgan fingerprint density at radius 3 is 2.30 bits per heavy atom. The van der Waals surface area contributed by atoms with Gasteiger partial charge in [-0.25, -0.2) is 4.79 Å². The minimum atomic E-state index is -0.400. The topological polar surface area (TPSA) is 72.5 Å². The summed E-state index contributed by atoms with van der Waals surface area (Å²) in [5, 5.41) is 3.01. The second-order valence-corrected chi connectivity index (χ2v) is 6.82. The Labute approximate surface area is 158 Å². The molecule has 0 heterocycles. The fourth-order valence-corrected chi connectivity index (χ4v) is 3.54. The Balaban J connectivity index is 1.80. The Kier molecular flexibility index (Phi) is 6.01. The third-order valence-corrected chi connectivity index (χ3v) is 5.05. The molecule has 5 nitrogen and oxygen atoms in total. The average Bonchev–Trinajstić information content (AvgIpc) is 2.73. The number of ether oxygens (including phenoxy) is 1. The van der Waals surface area contributed by atoms with E-state index < -0.39 is 5.97 Å². The molecule has 3 rings (SSSR count). The molecule has 1 fully saturated rings. The highest BCUT2D eigenvalue weighted by Gasteiger charge is 2.26. The first kappa shape index (κ1) is 18.8. The van der Waals surface area contributed by atoms with Gasteiger partial charge in [-0.05, 0) is 48.2 Å². The maximum Gasteiger partial charge on any atom is 0.337 e. The molecule has 0 aromatic heterocycles. The molecule has 140 valence electrons. The van der Waals surface area contributed by atoms with Crippen molar-refractivity contribution in [3.05, 3.63) is 59.7 Å². The fourth-order valence-electron chi connectivity index (χ4n) is 3.54. The summed E-state index contributed by atoms with van der Waals surface area (Å²) in [5.74, 6) is -0.690. The van der Waals surface area contributed by atoms with E-state index in [2.05, 4.69) is 5.32 Å². The molecule has 0 unspecified atom stereocenters. The number of carbonyl (C=O) groups excluding carboxylic acids is 3. The van der Waals surface area contributed by atoms with E-state index in [1.165, 1.54) is 7.11 Å². The summed E-state index contributed by atoms with van der Waals surface area (Å²) in [6.45, 7) is 0. The summed E-state index contributed by atoms with van der Waals surface area (Å²) < 4.78 is 4.76. The van der Waals surface area contributed by atoms with Gasteiger partial charge in [-0.15, -0.1) is 0 Å². The highest BCUT2D eigenvalue weighted by Crippen LogP contribution is 2.25. The number of rotatable bonds is 5. The molecular formula is C22H23NO4. The maximum atomic E-state index is 12.7. The molecule has 0 spiro atoms. The zero-order valence-electron chi connectivity index (χ0n) is 15.3. The van der Waals surface area contributed by atoms with Crippen LogP contribution in [0.5, 0.6) is 0 Å². The second kappa shape index (κ2) is 8.62. The minimum absolute atomic E-state index is 0.102. The molecule has 0 bridgehead atoms. The molecule has 1 aliphatic rings. The van der Waals surface area contributed by atoms with Crippen LogP contribution in [0.25, 0.3) is 11.1 Å². The third-order valence-electron chi connectivity index (χ3n) is 5.05. The molecule has 27 heavy (non-hydrogen) atoms. The monoisotopic (exact) mass is 365 g/mol. The first-order valence-corrected chi connectivity index (χ1v) is 9.17. The van der Waals surface area contributed by atoms with Crippen LogP contribution in [0.1, 0.15) is 46.4 Å². The second-order valence-electron chi connectivity index (χ2n) is 6.82. The lowest BCUT2D eigenvalue weighted by Gasteiger charge is -2.28. The summed E-state index contributed by atoms with van der Waals surface area (Å²) >= 11 is 0. The molecule has 5 heteroatoms. The normalized spacial score (nSPS) is 19.1. The van der Waals surface area contributed by atoms with Gasteiger partial charge in [0.2, 0.25) is 0 Å². The standard InChI is InChI=1S/C22H23NO4/c1-27-22(26)18-10-5-8-16(13-18)15-7-4-9-17(12-15)21(25)23-20-11-3-2-6-19(20)14-24/h4-5,7-10,12-14,19-20H,2-3,6,11H2,1H3,(H,23,25)/t19-,20-/m1/s1. The molecule has 0 saturated heterocycles. The number of carbonyl (C=O) groups is 3. The van der Waals surface area contributed by atoms with Gasteiger partial charge in [0.05, 0.1) is 12.7 Å². The fraction of sp³-hybridized carbons (Fsp3) is 0.318. The van der Waals surface area contributed by atoms with Crippen LogP contribution in [0.4, 0.5) is 0 Å². The van der Waals surface area contributed by atoms with Crippen molar-refractivity contribution in [3.8, 4) is 11.1 Å². The maximum absolute atomic E-state index is 12.7. The predicted molar refractivity (Wildman–Crippen MR) is 102 cm³/mol. The lowest BCUT2D eigenvalue weighted by Crippen LogP contribution is -2.42. The Hall–Kier alpha value is -2.95. The van der Waals surface area contributed by atoms with E-state index in [0.717, 1.165) is 43.1 Å². The molecule has 0 radical (unpaired) electrons. The van der Waals surface area contributed by atoms with Crippen molar-refractivity contribution in [1.29, 1.82) is 0 Å². The molecule has 1 aliphatic carbocycles. The predicted octanol–water partition coefficient (Wildman–Crippen LogP) is 3.63. The summed E-state index contributed by atoms with van der Waals surface area (Å²) in [6, 6.07) is 14.2. The molecule has 1 saturated carbocycles. The van der Waals surface area contributed by atoms with Crippen molar-refractivity contribution in [2.75, 3.05) is 7.11 Å². The van der Waals surface area contributed by atoms with Gasteiger partial charge in [-0.2, -0.15) is 0 Å². The highest BCUT2D eigenvalue weighted by molar-refractivity contribution is 5.96. The van der Waals surface area contributed by atoms with Crippen LogP contribution in [-0.2, 0) is 9.53 Å². The van der Waals surface area contributed by atoms with Crippen molar-refractivity contribution in [3.63, 3.8) is 0 Å².